The molecule has 0 heterocycles. The molecule has 1 aromatic carbocycles. The fraction of sp³-hybridized carbons (Fsp3) is 0.462. The number of carbonyl (C=O) groups excluding carboxylic acids is 1. The fourth-order valence-electron chi connectivity index (χ4n) is 1.74. The van der Waals surface area contributed by atoms with E-state index in [1.54, 1.807) is 19.1 Å². The summed E-state index contributed by atoms with van der Waals surface area (Å²) in [5.74, 6) is -0.0673. The van der Waals surface area contributed by atoms with Gasteiger partial charge in [0.2, 0.25) is 5.91 Å². The fourth-order valence-corrected chi connectivity index (χ4v) is 1.74. The number of amides is 1. The first-order valence-corrected chi connectivity index (χ1v) is 6.00. The molecule has 0 aliphatic carbocycles. The van der Waals surface area contributed by atoms with Crippen molar-refractivity contribution in [3.8, 4) is 11.5 Å². The van der Waals surface area contributed by atoms with Crippen molar-refractivity contribution in [2.24, 2.45) is 0 Å². The molecular formula is C13H20N2O3. The zero-order valence-corrected chi connectivity index (χ0v) is 10.9. The van der Waals surface area contributed by atoms with Crippen LogP contribution in [0.25, 0.3) is 0 Å². The highest BCUT2D eigenvalue weighted by molar-refractivity contribution is 5.81. The molecule has 2 atom stereocenters. The number of phenolic OH excluding ortho intramolecular Hbond substituents is 2. The van der Waals surface area contributed by atoms with Crippen LogP contribution in [0.1, 0.15) is 32.4 Å². The van der Waals surface area contributed by atoms with E-state index in [9.17, 15) is 15.0 Å². The molecule has 100 valence electrons. The van der Waals surface area contributed by atoms with Crippen molar-refractivity contribution < 1.29 is 15.0 Å². The van der Waals surface area contributed by atoms with E-state index in [1.165, 1.54) is 6.07 Å². The van der Waals surface area contributed by atoms with Gasteiger partial charge in [-0.3, -0.25) is 10.1 Å². The Kier molecular flexibility index (Phi) is 4.97. The van der Waals surface area contributed by atoms with Gasteiger partial charge in [0.05, 0.1) is 6.04 Å². The molecule has 5 nitrogen and oxygen atoms in total. The van der Waals surface area contributed by atoms with Crippen LogP contribution in [0.5, 0.6) is 11.5 Å². The summed E-state index contributed by atoms with van der Waals surface area (Å²) in [6, 6.07) is 3.89. The molecule has 0 aromatic heterocycles. The van der Waals surface area contributed by atoms with Crippen LogP contribution in [-0.2, 0) is 4.79 Å². The maximum Gasteiger partial charge on any atom is 0.236 e. The number of hydrogen-bond donors (Lipinski definition) is 4. The Hall–Kier alpha value is -1.75. The average molecular weight is 252 g/mol. The van der Waals surface area contributed by atoms with Crippen molar-refractivity contribution in [2.45, 2.75) is 32.9 Å². The Morgan fingerprint density at radius 2 is 1.78 bits per heavy atom. The van der Waals surface area contributed by atoms with Gasteiger partial charge in [0.15, 0.2) is 0 Å². The Labute approximate surface area is 107 Å². The summed E-state index contributed by atoms with van der Waals surface area (Å²) in [7, 11) is 0. The first kappa shape index (κ1) is 14.3. The van der Waals surface area contributed by atoms with Gasteiger partial charge in [-0.25, -0.2) is 0 Å². The lowest BCUT2D eigenvalue weighted by atomic mass is 10.1. The number of rotatable bonds is 5. The summed E-state index contributed by atoms with van der Waals surface area (Å²) in [5, 5.41) is 24.6. The molecule has 1 amide bonds. The number of benzene rings is 1. The molecule has 0 saturated heterocycles. The van der Waals surface area contributed by atoms with E-state index < -0.39 is 0 Å². The van der Waals surface area contributed by atoms with Gasteiger partial charge in [-0.15, -0.1) is 0 Å². The van der Waals surface area contributed by atoms with Gasteiger partial charge < -0.3 is 15.5 Å². The van der Waals surface area contributed by atoms with Gasteiger partial charge in [-0.1, -0.05) is 0 Å². The molecular weight excluding hydrogens is 232 g/mol. The second kappa shape index (κ2) is 6.26. The van der Waals surface area contributed by atoms with E-state index >= 15 is 0 Å². The highest BCUT2D eigenvalue weighted by Crippen LogP contribution is 2.24. The Morgan fingerprint density at radius 1 is 1.22 bits per heavy atom. The normalized spacial score (nSPS) is 13.9. The molecule has 0 fully saturated rings. The second-order valence-electron chi connectivity index (χ2n) is 4.29. The third-order valence-electron chi connectivity index (χ3n) is 2.67. The topological polar surface area (TPSA) is 81.6 Å². The van der Waals surface area contributed by atoms with E-state index in [-0.39, 0.29) is 29.5 Å². The molecule has 0 saturated carbocycles. The molecule has 0 spiro atoms. The van der Waals surface area contributed by atoms with Gasteiger partial charge in [-0.2, -0.15) is 0 Å². The number of hydrogen-bond acceptors (Lipinski definition) is 4. The first-order valence-electron chi connectivity index (χ1n) is 6.00. The second-order valence-corrected chi connectivity index (χ2v) is 4.29. The summed E-state index contributed by atoms with van der Waals surface area (Å²) >= 11 is 0. The molecule has 0 radical (unpaired) electrons. The van der Waals surface area contributed by atoms with Crippen LogP contribution >= 0.6 is 0 Å². The summed E-state index contributed by atoms with van der Waals surface area (Å²) < 4.78 is 0. The Balaban J connectivity index is 2.69. The molecule has 0 aliphatic rings. The van der Waals surface area contributed by atoms with E-state index in [0.717, 1.165) is 5.56 Å². The van der Waals surface area contributed by atoms with Crippen molar-refractivity contribution in [3.63, 3.8) is 0 Å². The number of likely N-dealkylation sites (N-methyl/N-ethyl adjacent to an activating group) is 1. The first-order chi connectivity index (χ1) is 8.43. The monoisotopic (exact) mass is 252 g/mol. The molecule has 4 N–H and O–H groups in total. The lowest BCUT2D eigenvalue weighted by molar-refractivity contribution is -0.122. The van der Waals surface area contributed by atoms with E-state index in [2.05, 4.69) is 10.6 Å². The average Bonchev–Trinajstić information content (AvgIpc) is 2.27. The minimum absolute atomic E-state index is 0.00399. The Morgan fingerprint density at radius 3 is 2.28 bits per heavy atom. The number of phenols is 2. The van der Waals surface area contributed by atoms with Crippen molar-refractivity contribution in [3.05, 3.63) is 23.8 Å². The van der Waals surface area contributed by atoms with Crippen LogP contribution in [0.15, 0.2) is 18.2 Å². The predicted molar refractivity (Wildman–Crippen MR) is 69.5 cm³/mol. The van der Waals surface area contributed by atoms with Gasteiger partial charge in [0.25, 0.3) is 0 Å². The van der Waals surface area contributed by atoms with Crippen LogP contribution in [0.3, 0.4) is 0 Å². The quantitative estimate of drug-likeness (QED) is 0.636. The van der Waals surface area contributed by atoms with Gasteiger partial charge in [0.1, 0.15) is 11.5 Å². The van der Waals surface area contributed by atoms with Crippen LogP contribution in [0.4, 0.5) is 0 Å². The summed E-state index contributed by atoms with van der Waals surface area (Å²) in [6.07, 6.45) is 0. The van der Waals surface area contributed by atoms with Crippen LogP contribution in [0, 0.1) is 0 Å². The maximum atomic E-state index is 11.6. The van der Waals surface area contributed by atoms with Crippen molar-refractivity contribution in [1.82, 2.24) is 10.6 Å². The zero-order chi connectivity index (χ0) is 13.7. The molecule has 0 bridgehead atoms. The van der Waals surface area contributed by atoms with Gasteiger partial charge in [0, 0.05) is 18.7 Å². The molecule has 1 aromatic rings. The van der Waals surface area contributed by atoms with Crippen LogP contribution in [-0.4, -0.2) is 28.7 Å². The molecule has 5 heteroatoms. The SMILES string of the molecule is CCNC(=O)C(C)NC(C)c1cc(O)cc(O)c1. The largest absolute Gasteiger partial charge is 0.508 e. The number of carbonyl (C=O) groups is 1. The third-order valence-corrected chi connectivity index (χ3v) is 2.67. The number of aromatic hydroxyl groups is 2. The molecule has 2 unspecified atom stereocenters. The highest BCUT2D eigenvalue weighted by atomic mass is 16.3. The highest BCUT2D eigenvalue weighted by Gasteiger charge is 2.16. The minimum atomic E-state index is -0.343. The third kappa shape index (κ3) is 3.92. The summed E-state index contributed by atoms with van der Waals surface area (Å²) in [6.45, 7) is 6.08. The minimum Gasteiger partial charge on any atom is -0.508 e. The Bertz CT molecular complexity index is 400. The number of nitrogens with one attached hydrogen (secondary N) is 2. The van der Waals surface area contributed by atoms with Crippen LogP contribution < -0.4 is 10.6 Å². The van der Waals surface area contributed by atoms with E-state index in [4.69, 9.17) is 0 Å². The molecule has 0 aliphatic heterocycles. The maximum absolute atomic E-state index is 11.6. The standard InChI is InChI=1S/C13H20N2O3/c1-4-14-13(18)9(3)15-8(2)10-5-11(16)7-12(17)6-10/h5-9,15-17H,4H2,1-3H3,(H,14,18). The van der Waals surface area contributed by atoms with Crippen molar-refractivity contribution >= 4 is 5.91 Å². The van der Waals surface area contributed by atoms with Crippen molar-refractivity contribution in [2.75, 3.05) is 6.54 Å². The molecule has 18 heavy (non-hydrogen) atoms. The lowest BCUT2D eigenvalue weighted by Crippen LogP contribution is -2.43. The lowest BCUT2D eigenvalue weighted by Gasteiger charge is -2.20. The molecule has 1 rings (SSSR count). The smallest absolute Gasteiger partial charge is 0.236 e. The van der Waals surface area contributed by atoms with E-state index in [1.807, 2.05) is 13.8 Å². The summed E-state index contributed by atoms with van der Waals surface area (Å²) in [4.78, 5) is 11.6. The van der Waals surface area contributed by atoms with Gasteiger partial charge >= 0.3 is 0 Å². The summed E-state index contributed by atoms with van der Waals surface area (Å²) in [5.41, 5.74) is 0.726. The van der Waals surface area contributed by atoms with Crippen LogP contribution in [0.2, 0.25) is 0 Å². The van der Waals surface area contributed by atoms with Crippen molar-refractivity contribution in [1.29, 1.82) is 0 Å². The van der Waals surface area contributed by atoms with Gasteiger partial charge in [-0.05, 0) is 38.5 Å². The zero-order valence-electron chi connectivity index (χ0n) is 10.9. The predicted octanol–water partition coefficient (Wildman–Crippen LogP) is 1.27. The van der Waals surface area contributed by atoms with E-state index in [0.29, 0.717) is 6.54 Å².